The van der Waals surface area contributed by atoms with E-state index >= 15 is 0 Å². The highest BCUT2D eigenvalue weighted by molar-refractivity contribution is 8.03. The van der Waals surface area contributed by atoms with Crippen molar-refractivity contribution in [1.82, 2.24) is 20.1 Å². The van der Waals surface area contributed by atoms with Crippen molar-refractivity contribution in [1.29, 1.82) is 0 Å². The summed E-state index contributed by atoms with van der Waals surface area (Å²) in [4.78, 5) is 18.8. The molecule has 0 aliphatic carbocycles. The van der Waals surface area contributed by atoms with Crippen molar-refractivity contribution in [2.45, 2.75) is 52.7 Å². The molecule has 5 nitrogen and oxygen atoms in total. The van der Waals surface area contributed by atoms with Crippen LogP contribution in [0.5, 0.6) is 0 Å². The molecule has 0 N–H and O–H groups in total. The Kier molecular flexibility index (Phi) is 7.60. The Bertz CT molecular complexity index is 749. The molecular weight excluding hydrogens is 408 g/mol. The lowest BCUT2D eigenvalue weighted by Gasteiger charge is -2.26. The van der Waals surface area contributed by atoms with Gasteiger partial charge < -0.3 is 4.90 Å². The molecule has 1 amide bonds. The summed E-state index contributed by atoms with van der Waals surface area (Å²) in [6, 6.07) is 1.71. The maximum atomic E-state index is 12.5. The first kappa shape index (κ1) is 19.9. The van der Waals surface area contributed by atoms with E-state index in [-0.39, 0.29) is 5.91 Å². The lowest BCUT2D eigenvalue weighted by atomic mass is 10.1. The summed E-state index contributed by atoms with van der Waals surface area (Å²) in [6.07, 6.45) is 7.29. The predicted octanol–water partition coefficient (Wildman–Crippen LogP) is 5.26. The van der Waals surface area contributed by atoms with E-state index in [9.17, 15) is 4.79 Å². The van der Waals surface area contributed by atoms with Crippen LogP contribution in [0.25, 0.3) is 0 Å². The number of amides is 1. The number of hydrogen-bond acceptors (Lipinski definition) is 7. The average molecular weight is 429 g/mol. The van der Waals surface area contributed by atoms with Gasteiger partial charge in [0.25, 0.3) is 5.91 Å². The molecule has 0 aromatic carbocycles. The third-order valence-corrected chi connectivity index (χ3v) is 7.61. The summed E-state index contributed by atoms with van der Waals surface area (Å²) in [7, 11) is 0. The molecule has 3 rings (SSSR count). The van der Waals surface area contributed by atoms with E-state index in [2.05, 4.69) is 22.1 Å². The number of carbonyl (C=O) groups is 1. The van der Waals surface area contributed by atoms with Gasteiger partial charge in [0, 0.05) is 25.0 Å². The van der Waals surface area contributed by atoms with Gasteiger partial charge in [-0.25, -0.2) is 4.98 Å². The molecule has 26 heavy (non-hydrogen) atoms. The number of nitrogens with zero attached hydrogens (tertiary/aromatic N) is 4. The second-order valence-corrected chi connectivity index (χ2v) is 9.96. The van der Waals surface area contributed by atoms with Crippen LogP contribution >= 0.6 is 46.5 Å². The minimum absolute atomic E-state index is 0.0150. The molecule has 0 radical (unpaired) electrons. The van der Waals surface area contributed by atoms with Gasteiger partial charge in [0.1, 0.15) is 5.03 Å². The van der Waals surface area contributed by atoms with Gasteiger partial charge in [0.15, 0.2) is 8.68 Å². The van der Waals surface area contributed by atoms with Crippen LogP contribution in [0, 0.1) is 0 Å². The zero-order valence-electron chi connectivity index (χ0n) is 14.6. The van der Waals surface area contributed by atoms with Crippen LogP contribution in [-0.4, -0.2) is 44.8 Å². The fourth-order valence-corrected chi connectivity index (χ4v) is 5.91. The summed E-state index contributed by atoms with van der Waals surface area (Å²) >= 11 is 11.0. The molecule has 0 saturated carbocycles. The first-order valence-electron chi connectivity index (χ1n) is 8.76. The monoisotopic (exact) mass is 428 g/mol. The normalized spacial score (nSPS) is 14.6. The Labute approximate surface area is 171 Å². The number of pyridine rings is 1. The second kappa shape index (κ2) is 9.92. The molecule has 1 aliphatic heterocycles. The van der Waals surface area contributed by atoms with E-state index in [0.29, 0.717) is 15.6 Å². The van der Waals surface area contributed by atoms with Crippen molar-refractivity contribution in [3.05, 3.63) is 22.8 Å². The molecule has 0 unspecified atom stereocenters. The number of carbonyl (C=O) groups excluding carboxylic acids is 1. The number of hydrogen-bond donors (Lipinski definition) is 0. The SMILES string of the molecule is CCCCSc1nnc(Sc2ncc(C(=O)N3CCCCC3)cc2Cl)s1. The standard InChI is InChI=1S/C17H21ClN4OS3/c1-2-3-9-24-16-20-21-17(26-16)25-14-13(18)10-12(11-19-14)15(23)22-7-5-4-6-8-22/h10-11H,2-9H2,1H3. The molecule has 1 saturated heterocycles. The lowest BCUT2D eigenvalue weighted by Crippen LogP contribution is -2.35. The highest BCUT2D eigenvalue weighted by Crippen LogP contribution is 2.36. The minimum Gasteiger partial charge on any atom is -0.339 e. The van der Waals surface area contributed by atoms with E-state index in [1.165, 1.54) is 31.0 Å². The number of thioether (sulfide) groups is 1. The fraction of sp³-hybridized carbons (Fsp3) is 0.529. The molecule has 140 valence electrons. The Morgan fingerprint density at radius 1 is 1.27 bits per heavy atom. The van der Waals surface area contributed by atoms with E-state index in [1.54, 1.807) is 35.4 Å². The number of aromatic nitrogens is 3. The fourth-order valence-electron chi connectivity index (χ4n) is 2.58. The van der Waals surface area contributed by atoms with Crippen LogP contribution < -0.4 is 0 Å². The number of halogens is 1. The van der Waals surface area contributed by atoms with Gasteiger partial charge in [0.2, 0.25) is 0 Å². The molecule has 0 bridgehead atoms. The first-order chi connectivity index (χ1) is 12.7. The topological polar surface area (TPSA) is 59.0 Å². The first-order valence-corrected chi connectivity index (χ1v) is 11.8. The highest BCUT2D eigenvalue weighted by Gasteiger charge is 2.20. The minimum atomic E-state index is 0.0150. The van der Waals surface area contributed by atoms with Crippen molar-refractivity contribution < 1.29 is 4.79 Å². The Balaban J connectivity index is 1.63. The van der Waals surface area contributed by atoms with Crippen LogP contribution in [0.2, 0.25) is 5.02 Å². The third kappa shape index (κ3) is 5.34. The molecule has 2 aromatic heterocycles. The van der Waals surface area contributed by atoms with Crippen LogP contribution in [0.4, 0.5) is 0 Å². The number of likely N-dealkylation sites (tertiary alicyclic amines) is 1. The maximum Gasteiger partial charge on any atom is 0.255 e. The van der Waals surface area contributed by atoms with Crippen LogP contribution in [-0.2, 0) is 0 Å². The van der Waals surface area contributed by atoms with Crippen molar-refractivity contribution in [2.24, 2.45) is 0 Å². The molecule has 9 heteroatoms. The van der Waals surface area contributed by atoms with Crippen LogP contribution in [0.15, 0.2) is 26.0 Å². The molecule has 3 heterocycles. The Morgan fingerprint density at radius 2 is 2.04 bits per heavy atom. The lowest BCUT2D eigenvalue weighted by molar-refractivity contribution is 0.0724. The quantitative estimate of drug-likeness (QED) is 0.443. The maximum absolute atomic E-state index is 12.5. The largest absolute Gasteiger partial charge is 0.339 e. The Morgan fingerprint density at radius 3 is 2.77 bits per heavy atom. The predicted molar refractivity (Wildman–Crippen MR) is 109 cm³/mol. The number of unbranched alkanes of at least 4 members (excludes halogenated alkanes) is 1. The van der Waals surface area contributed by atoms with Crippen molar-refractivity contribution >= 4 is 52.4 Å². The van der Waals surface area contributed by atoms with Crippen LogP contribution in [0.3, 0.4) is 0 Å². The third-order valence-electron chi connectivity index (χ3n) is 3.99. The molecule has 1 fully saturated rings. The van der Waals surface area contributed by atoms with Gasteiger partial charge in [-0.15, -0.1) is 10.2 Å². The van der Waals surface area contributed by atoms with Crippen LogP contribution in [0.1, 0.15) is 49.4 Å². The molecule has 0 spiro atoms. The van der Waals surface area contributed by atoms with Crippen molar-refractivity contribution in [3.8, 4) is 0 Å². The molecule has 2 aromatic rings. The van der Waals surface area contributed by atoms with Crippen molar-refractivity contribution in [2.75, 3.05) is 18.8 Å². The highest BCUT2D eigenvalue weighted by atomic mass is 35.5. The number of piperidine rings is 1. The molecule has 0 atom stereocenters. The smallest absolute Gasteiger partial charge is 0.255 e. The summed E-state index contributed by atoms with van der Waals surface area (Å²) in [5.41, 5.74) is 0.550. The van der Waals surface area contributed by atoms with E-state index in [1.807, 2.05) is 4.90 Å². The van der Waals surface area contributed by atoms with E-state index in [4.69, 9.17) is 11.6 Å². The van der Waals surface area contributed by atoms with Gasteiger partial charge in [0.05, 0.1) is 10.6 Å². The van der Waals surface area contributed by atoms with Crippen molar-refractivity contribution in [3.63, 3.8) is 0 Å². The van der Waals surface area contributed by atoms with Gasteiger partial charge >= 0.3 is 0 Å². The second-order valence-electron chi connectivity index (χ2n) is 6.00. The van der Waals surface area contributed by atoms with Gasteiger partial charge in [-0.3, -0.25) is 4.79 Å². The van der Waals surface area contributed by atoms with Gasteiger partial charge in [-0.2, -0.15) is 0 Å². The summed E-state index contributed by atoms with van der Waals surface area (Å²) < 4.78 is 1.78. The zero-order valence-corrected chi connectivity index (χ0v) is 17.8. The van der Waals surface area contributed by atoms with E-state index in [0.717, 1.165) is 40.4 Å². The zero-order chi connectivity index (χ0) is 18.4. The molecular formula is C17H21ClN4OS3. The number of rotatable bonds is 7. The van der Waals surface area contributed by atoms with Gasteiger partial charge in [-0.1, -0.05) is 48.0 Å². The Hall–Kier alpha value is -0.830. The van der Waals surface area contributed by atoms with Gasteiger partial charge in [-0.05, 0) is 43.5 Å². The summed E-state index contributed by atoms with van der Waals surface area (Å²) in [5, 5.41) is 9.53. The van der Waals surface area contributed by atoms with E-state index < -0.39 is 0 Å². The summed E-state index contributed by atoms with van der Waals surface area (Å²) in [6.45, 7) is 3.81. The molecule has 1 aliphatic rings. The average Bonchev–Trinajstić information content (AvgIpc) is 3.11. The summed E-state index contributed by atoms with van der Waals surface area (Å²) in [5.74, 6) is 1.07.